The summed E-state index contributed by atoms with van der Waals surface area (Å²) in [6.07, 6.45) is 6.56. The van der Waals surface area contributed by atoms with E-state index in [1.165, 1.54) is 19.6 Å². The van der Waals surface area contributed by atoms with Gasteiger partial charge in [0, 0.05) is 23.7 Å². The molecule has 24 heavy (non-hydrogen) atoms. The van der Waals surface area contributed by atoms with Crippen molar-refractivity contribution in [3.63, 3.8) is 0 Å². The zero-order valence-corrected chi connectivity index (χ0v) is 13.5. The zero-order valence-electron chi connectivity index (χ0n) is 13.5. The summed E-state index contributed by atoms with van der Waals surface area (Å²) in [5.74, 6) is -0.245. The number of ether oxygens (including phenoxy) is 1. The first-order chi connectivity index (χ1) is 11.7. The molecule has 0 unspecified atom stereocenters. The van der Waals surface area contributed by atoms with Crippen molar-refractivity contribution in [3.8, 4) is 17.1 Å². The second-order valence-electron chi connectivity index (χ2n) is 6.40. The number of carbonyl (C=O) groups is 1. The number of nitrogens with zero attached hydrogens (tertiary/aromatic N) is 3. The van der Waals surface area contributed by atoms with E-state index in [2.05, 4.69) is 15.2 Å². The van der Waals surface area contributed by atoms with Crippen LogP contribution in [0.4, 0.5) is 4.39 Å². The third-order valence-electron chi connectivity index (χ3n) is 5.06. The average molecular weight is 330 g/mol. The Morgan fingerprint density at radius 2 is 2.04 bits per heavy atom. The van der Waals surface area contributed by atoms with Crippen LogP contribution in [0.2, 0.25) is 0 Å². The Labute approximate surface area is 139 Å². The van der Waals surface area contributed by atoms with Crippen molar-refractivity contribution in [1.29, 1.82) is 0 Å². The average Bonchev–Trinajstić information content (AvgIpc) is 3.18. The van der Waals surface area contributed by atoms with Gasteiger partial charge in [0.25, 0.3) is 5.91 Å². The number of halogens is 1. The number of aromatic amines is 1. The number of pyridine rings is 1. The van der Waals surface area contributed by atoms with Gasteiger partial charge in [-0.2, -0.15) is 5.10 Å². The molecule has 0 radical (unpaired) electrons. The van der Waals surface area contributed by atoms with Crippen LogP contribution in [-0.4, -0.2) is 45.2 Å². The van der Waals surface area contributed by atoms with Crippen LogP contribution in [-0.2, 0) is 0 Å². The van der Waals surface area contributed by atoms with Crippen LogP contribution in [0.5, 0.6) is 5.88 Å². The number of hydrogen-bond donors (Lipinski definition) is 1. The second kappa shape index (κ2) is 5.89. The lowest BCUT2D eigenvalue weighted by molar-refractivity contribution is 0.0589. The lowest BCUT2D eigenvalue weighted by Crippen LogP contribution is -2.44. The highest BCUT2D eigenvalue weighted by atomic mass is 19.1. The summed E-state index contributed by atoms with van der Waals surface area (Å²) < 4.78 is 19.1. The van der Waals surface area contributed by atoms with Gasteiger partial charge in [0.2, 0.25) is 5.88 Å². The first kappa shape index (κ1) is 15.1. The van der Waals surface area contributed by atoms with Gasteiger partial charge in [-0.05, 0) is 38.2 Å². The van der Waals surface area contributed by atoms with Crippen molar-refractivity contribution < 1.29 is 13.9 Å². The van der Waals surface area contributed by atoms with Gasteiger partial charge >= 0.3 is 0 Å². The van der Waals surface area contributed by atoms with Gasteiger partial charge < -0.3 is 9.64 Å². The number of carbonyl (C=O) groups excluding carboxylic acids is 1. The maximum atomic E-state index is 14.0. The quantitative estimate of drug-likeness (QED) is 0.939. The third kappa shape index (κ3) is 2.44. The van der Waals surface area contributed by atoms with E-state index in [4.69, 9.17) is 4.74 Å². The van der Waals surface area contributed by atoms with Crippen molar-refractivity contribution >= 4 is 5.91 Å². The first-order valence-electron chi connectivity index (χ1n) is 8.25. The maximum absolute atomic E-state index is 14.0. The number of aromatic nitrogens is 3. The predicted molar refractivity (Wildman–Crippen MR) is 85.2 cm³/mol. The molecule has 2 aromatic rings. The lowest BCUT2D eigenvalue weighted by atomic mass is 10.0. The van der Waals surface area contributed by atoms with E-state index in [0.717, 1.165) is 31.9 Å². The Bertz CT molecular complexity index is 760. The van der Waals surface area contributed by atoms with Gasteiger partial charge in [-0.1, -0.05) is 0 Å². The number of piperidine rings is 1. The van der Waals surface area contributed by atoms with Crippen LogP contribution in [0.3, 0.4) is 0 Å². The van der Waals surface area contributed by atoms with E-state index in [1.807, 2.05) is 4.90 Å². The van der Waals surface area contributed by atoms with Gasteiger partial charge in [0.1, 0.15) is 0 Å². The van der Waals surface area contributed by atoms with Crippen molar-refractivity contribution in [3.05, 3.63) is 29.8 Å². The summed E-state index contributed by atoms with van der Waals surface area (Å²) in [4.78, 5) is 18.6. The number of methoxy groups -OCH3 is 1. The van der Waals surface area contributed by atoms with Gasteiger partial charge in [0.15, 0.2) is 11.5 Å². The fourth-order valence-electron chi connectivity index (χ4n) is 3.89. The molecule has 0 aromatic carbocycles. The summed E-state index contributed by atoms with van der Waals surface area (Å²) in [5, 5.41) is 6.88. The van der Waals surface area contributed by atoms with Gasteiger partial charge in [-0.3, -0.25) is 9.89 Å². The Balaban J connectivity index is 1.62. The Morgan fingerprint density at radius 3 is 2.75 bits per heavy atom. The van der Waals surface area contributed by atoms with Crippen molar-refractivity contribution in [2.45, 2.75) is 44.2 Å². The van der Waals surface area contributed by atoms with Crippen LogP contribution in [0.15, 0.2) is 18.3 Å². The molecule has 4 rings (SSSR count). The molecule has 0 aliphatic carbocycles. The molecule has 6 nitrogen and oxygen atoms in total. The highest BCUT2D eigenvalue weighted by Crippen LogP contribution is 2.36. The highest BCUT2D eigenvalue weighted by Gasteiger charge is 2.40. The third-order valence-corrected chi connectivity index (χ3v) is 5.06. The molecular weight excluding hydrogens is 311 g/mol. The maximum Gasteiger partial charge on any atom is 0.274 e. The molecule has 2 aromatic heterocycles. The van der Waals surface area contributed by atoms with E-state index < -0.39 is 5.82 Å². The van der Waals surface area contributed by atoms with Crippen LogP contribution in [0.1, 0.15) is 42.6 Å². The number of amides is 1. The first-order valence-corrected chi connectivity index (χ1v) is 8.25. The minimum Gasteiger partial charge on any atom is -0.481 e. The fraction of sp³-hybridized carbons (Fsp3) is 0.471. The topological polar surface area (TPSA) is 71.1 Å². The number of rotatable bonds is 3. The summed E-state index contributed by atoms with van der Waals surface area (Å²) >= 11 is 0. The molecule has 4 heterocycles. The van der Waals surface area contributed by atoms with Crippen LogP contribution >= 0.6 is 0 Å². The summed E-state index contributed by atoms with van der Waals surface area (Å²) in [5.41, 5.74) is 1.06. The van der Waals surface area contributed by atoms with E-state index >= 15 is 0 Å². The number of nitrogens with one attached hydrogen (secondary N) is 1. The van der Waals surface area contributed by atoms with Crippen LogP contribution in [0.25, 0.3) is 11.3 Å². The van der Waals surface area contributed by atoms with E-state index in [-0.39, 0.29) is 11.5 Å². The fourth-order valence-corrected chi connectivity index (χ4v) is 3.89. The Hall–Kier alpha value is -2.44. The molecule has 0 saturated carbocycles. The van der Waals surface area contributed by atoms with Crippen molar-refractivity contribution in [2.24, 2.45) is 0 Å². The Morgan fingerprint density at radius 1 is 1.29 bits per heavy atom. The molecule has 7 heteroatoms. The lowest BCUT2D eigenvalue weighted by Gasteiger charge is -2.34. The predicted octanol–water partition coefficient (Wildman–Crippen LogP) is 2.78. The molecule has 0 spiro atoms. The van der Waals surface area contributed by atoms with Crippen molar-refractivity contribution in [2.75, 3.05) is 7.11 Å². The van der Waals surface area contributed by atoms with Crippen LogP contribution in [0, 0.1) is 5.82 Å². The highest BCUT2D eigenvalue weighted by molar-refractivity contribution is 5.94. The standard InChI is InChI=1S/C17H19FN4O2/c1-24-16-7-12(13(18)9-19-16)14-8-15(21-20-14)17(23)22-10-3-2-4-11(22)6-5-10/h7-11H,2-6H2,1H3,(H,20,21)/t10-,11+. The molecule has 2 fully saturated rings. The summed E-state index contributed by atoms with van der Waals surface area (Å²) in [7, 11) is 1.47. The largest absolute Gasteiger partial charge is 0.481 e. The SMILES string of the molecule is COc1cc(-c2cc(C(=O)N3[C@@H]4CCC[C@H]3CC4)n[nH]2)c(F)cn1. The molecule has 2 aliphatic rings. The van der Waals surface area contributed by atoms with E-state index in [1.54, 1.807) is 6.07 Å². The summed E-state index contributed by atoms with van der Waals surface area (Å²) in [6.45, 7) is 0. The molecule has 2 aliphatic heterocycles. The minimum absolute atomic E-state index is 0.0638. The van der Waals surface area contributed by atoms with E-state index in [0.29, 0.717) is 29.4 Å². The van der Waals surface area contributed by atoms with Crippen molar-refractivity contribution in [1.82, 2.24) is 20.1 Å². The smallest absolute Gasteiger partial charge is 0.274 e. The monoisotopic (exact) mass is 330 g/mol. The number of H-pyrrole nitrogens is 1. The second-order valence-corrected chi connectivity index (χ2v) is 6.40. The van der Waals surface area contributed by atoms with Gasteiger partial charge in [-0.15, -0.1) is 0 Å². The molecule has 1 amide bonds. The Kier molecular flexibility index (Phi) is 3.70. The van der Waals surface area contributed by atoms with Crippen LogP contribution < -0.4 is 4.74 Å². The molecular formula is C17H19FN4O2. The summed E-state index contributed by atoms with van der Waals surface area (Å²) in [6, 6.07) is 3.75. The number of fused-ring (bicyclic) bond motifs is 2. The normalized spacial score (nSPS) is 22.7. The molecule has 1 N–H and O–H groups in total. The minimum atomic E-state index is -0.489. The molecule has 2 saturated heterocycles. The molecule has 2 bridgehead atoms. The molecule has 2 atom stereocenters. The molecule has 126 valence electrons. The zero-order chi connectivity index (χ0) is 16.7. The van der Waals surface area contributed by atoms with Gasteiger partial charge in [-0.25, -0.2) is 9.37 Å². The van der Waals surface area contributed by atoms with Gasteiger partial charge in [0.05, 0.1) is 19.0 Å². The van der Waals surface area contributed by atoms with E-state index in [9.17, 15) is 9.18 Å². The number of hydrogen-bond acceptors (Lipinski definition) is 4.